The molecular formula is C31H33BrN8O3. The normalized spacial score (nSPS) is 20.7. The fraction of sp³-hybridized carbons (Fsp3) is 0.387. The summed E-state index contributed by atoms with van der Waals surface area (Å²) in [6, 6.07) is 8.86. The van der Waals surface area contributed by atoms with Gasteiger partial charge < -0.3 is 16.0 Å². The van der Waals surface area contributed by atoms with E-state index in [0.29, 0.717) is 40.0 Å². The van der Waals surface area contributed by atoms with E-state index in [0.717, 1.165) is 23.1 Å². The predicted molar refractivity (Wildman–Crippen MR) is 164 cm³/mol. The Kier molecular flexibility index (Phi) is 7.59. The Morgan fingerprint density at radius 3 is 2.60 bits per heavy atom. The molecule has 6 rings (SSSR count). The summed E-state index contributed by atoms with van der Waals surface area (Å²) in [6.45, 7) is 6.36. The van der Waals surface area contributed by atoms with Crippen LogP contribution in [0, 0.1) is 19.3 Å². The average molecular weight is 646 g/mol. The number of carbonyl (C=O) groups is 3. The Balaban J connectivity index is 1.30. The molecule has 2 amide bonds. The maximum absolute atomic E-state index is 14.0. The van der Waals surface area contributed by atoms with E-state index in [1.807, 2.05) is 44.2 Å². The lowest BCUT2D eigenvalue weighted by atomic mass is 9.96. The van der Waals surface area contributed by atoms with Crippen LogP contribution in [0.3, 0.4) is 0 Å². The second kappa shape index (κ2) is 11.2. The van der Waals surface area contributed by atoms with E-state index < -0.39 is 6.04 Å². The monoisotopic (exact) mass is 644 g/mol. The molecule has 0 unspecified atom stereocenters. The van der Waals surface area contributed by atoms with Crippen molar-refractivity contribution >= 4 is 44.4 Å². The van der Waals surface area contributed by atoms with Crippen molar-refractivity contribution in [2.24, 2.45) is 11.1 Å². The van der Waals surface area contributed by atoms with Gasteiger partial charge in [0.15, 0.2) is 11.5 Å². The van der Waals surface area contributed by atoms with Gasteiger partial charge in [-0.2, -0.15) is 5.10 Å². The van der Waals surface area contributed by atoms with Gasteiger partial charge in [-0.15, -0.1) is 0 Å². The van der Waals surface area contributed by atoms with E-state index in [4.69, 9.17) is 5.73 Å². The number of nitrogens with two attached hydrogens (primary N) is 1. The van der Waals surface area contributed by atoms with Crippen LogP contribution in [-0.2, 0) is 22.6 Å². The molecule has 1 aliphatic heterocycles. The number of rotatable bonds is 9. The van der Waals surface area contributed by atoms with Crippen LogP contribution < -0.4 is 11.1 Å². The average Bonchev–Trinajstić information content (AvgIpc) is 3.35. The van der Waals surface area contributed by atoms with E-state index >= 15 is 0 Å². The molecule has 0 spiro atoms. The number of nitrogens with zero attached hydrogens (tertiary/aromatic N) is 6. The zero-order valence-corrected chi connectivity index (χ0v) is 25.9. The summed E-state index contributed by atoms with van der Waals surface area (Å²) in [5.41, 5.74) is 9.64. The molecule has 1 saturated carbocycles. The van der Waals surface area contributed by atoms with E-state index in [2.05, 4.69) is 48.2 Å². The van der Waals surface area contributed by atoms with Crippen molar-refractivity contribution in [2.75, 3.05) is 13.1 Å². The zero-order chi connectivity index (χ0) is 30.5. The van der Waals surface area contributed by atoms with E-state index in [9.17, 15) is 14.4 Å². The number of pyridine rings is 1. The summed E-state index contributed by atoms with van der Waals surface area (Å²) in [7, 11) is 0. The Morgan fingerprint density at radius 2 is 1.86 bits per heavy atom. The molecule has 4 aromatic rings. The largest absolute Gasteiger partial charge is 0.349 e. The number of carbonyl (C=O) groups excluding carboxylic acids is 3. The maximum atomic E-state index is 14.0. The number of Topliss-reactive ketones (excluding diaryl/α,β-unsaturated/α-hetero) is 1. The minimum absolute atomic E-state index is 0.00723. The lowest BCUT2D eigenvalue weighted by Crippen LogP contribution is -2.45. The van der Waals surface area contributed by atoms with E-state index in [-0.39, 0.29) is 54.3 Å². The first-order chi connectivity index (χ1) is 20.6. The highest BCUT2D eigenvalue weighted by Crippen LogP contribution is 2.59. The van der Waals surface area contributed by atoms with Crippen LogP contribution in [0.2, 0.25) is 0 Å². The number of aryl methyl sites for hydroxylation is 2. The molecule has 0 bridgehead atoms. The quantitative estimate of drug-likeness (QED) is 0.264. The van der Waals surface area contributed by atoms with Gasteiger partial charge in [0.2, 0.25) is 5.91 Å². The first-order valence-corrected chi connectivity index (χ1v) is 15.1. The van der Waals surface area contributed by atoms with Crippen molar-refractivity contribution < 1.29 is 14.4 Å². The Bertz CT molecular complexity index is 1750. The molecule has 12 heteroatoms. The molecule has 1 saturated heterocycles. The molecule has 43 heavy (non-hydrogen) atoms. The summed E-state index contributed by atoms with van der Waals surface area (Å²) >= 11 is 3.40. The van der Waals surface area contributed by atoms with Crippen LogP contribution >= 0.6 is 15.9 Å². The molecule has 1 aliphatic carbocycles. The summed E-state index contributed by atoms with van der Waals surface area (Å²) in [5.74, 6) is 0.0665. The third kappa shape index (κ3) is 5.56. The SMILES string of the molecule is Cc1ncc(-c2ccc3c(c2)c(C(=O)NCCN)nn3CC(=O)N2[C@H](C(=O)Cc3nc(Br)ccc3C)C[C@@]3(C)C[C@@H]23)cn1. The number of hydrogen-bond donors (Lipinski definition) is 2. The van der Waals surface area contributed by atoms with Crippen molar-refractivity contribution in [3.05, 3.63) is 70.1 Å². The molecule has 3 atom stereocenters. The van der Waals surface area contributed by atoms with Crippen LogP contribution in [0.5, 0.6) is 0 Å². The van der Waals surface area contributed by atoms with Crippen molar-refractivity contribution in [1.82, 2.24) is 34.9 Å². The second-order valence-corrected chi connectivity index (χ2v) is 12.5. The molecule has 222 valence electrons. The van der Waals surface area contributed by atoms with Crippen molar-refractivity contribution in [3.8, 4) is 11.1 Å². The number of piperidine rings is 1. The van der Waals surface area contributed by atoms with Gasteiger partial charge in [-0.25, -0.2) is 15.0 Å². The van der Waals surface area contributed by atoms with Crippen LogP contribution in [-0.4, -0.2) is 72.4 Å². The minimum Gasteiger partial charge on any atom is -0.349 e. The lowest BCUT2D eigenvalue weighted by molar-refractivity contribution is -0.139. The summed E-state index contributed by atoms with van der Waals surface area (Å²) in [5, 5.41) is 7.99. The van der Waals surface area contributed by atoms with E-state index in [1.165, 1.54) is 0 Å². The highest BCUT2D eigenvalue weighted by molar-refractivity contribution is 9.10. The topological polar surface area (TPSA) is 149 Å². The van der Waals surface area contributed by atoms with Gasteiger partial charge >= 0.3 is 0 Å². The fourth-order valence-electron chi connectivity index (χ4n) is 6.08. The molecular weight excluding hydrogens is 612 g/mol. The van der Waals surface area contributed by atoms with Gasteiger partial charge in [0.05, 0.1) is 23.7 Å². The first kappa shape index (κ1) is 29.1. The standard InChI is InChI=1S/C31H33BrN8O3/c1-17-4-7-27(32)37-22(17)11-25(41)24-12-31(3)13-26(31)40(24)28(42)16-39-23-6-5-19(20-14-35-18(2)36-15-20)10-21(23)29(38-39)30(43)34-9-8-33/h4-7,10,14-15,24,26H,8-9,11-13,16,33H2,1-3H3,(H,34,43)/t24-,26+,31-/m0/s1. The Morgan fingerprint density at radius 1 is 1.09 bits per heavy atom. The lowest BCUT2D eigenvalue weighted by Gasteiger charge is -2.27. The highest BCUT2D eigenvalue weighted by Gasteiger charge is 2.64. The van der Waals surface area contributed by atoms with E-state index in [1.54, 1.807) is 22.0 Å². The highest BCUT2D eigenvalue weighted by atomic mass is 79.9. The van der Waals surface area contributed by atoms with Crippen molar-refractivity contribution in [3.63, 3.8) is 0 Å². The summed E-state index contributed by atoms with van der Waals surface area (Å²) in [6.07, 6.45) is 5.11. The molecule has 4 heterocycles. The van der Waals surface area contributed by atoms with Gasteiger partial charge in [0.1, 0.15) is 17.0 Å². The third-order valence-corrected chi connectivity index (χ3v) is 9.04. The van der Waals surface area contributed by atoms with Gasteiger partial charge in [-0.1, -0.05) is 19.1 Å². The number of amides is 2. The predicted octanol–water partition coefficient (Wildman–Crippen LogP) is 3.15. The minimum atomic E-state index is -0.529. The number of benzene rings is 1. The van der Waals surface area contributed by atoms with Gasteiger partial charge in [-0.3, -0.25) is 19.1 Å². The molecule has 1 aromatic carbocycles. The molecule has 3 N–H and O–H groups in total. The zero-order valence-electron chi connectivity index (χ0n) is 24.3. The number of nitrogens with one attached hydrogen (secondary N) is 1. The third-order valence-electron chi connectivity index (χ3n) is 8.60. The summed E-state index contributed by atoms with van der Waals surface area (Å²) in [4.78, 5) is 55.5. The fourth-order valence-corrected chi connectivity index (χ4v) is 6.43. The molecule has 2 fully saturated rings. The first-order valence-electron chi connectivity index (χ1n) is 14.3. The van der Waals surface area contributed by atoms with Gasteiger partial charge in [0, 0.05) is 42.5 Å². The number of ketones is 1. The van der Waals surface area contributed by atoms with Crippen LogP contribution in [0.4, 0.5) is 0 Å². The van der Waals surface area contributed by atoms with Gasteiger partial charge in [0.25, 0.3) is 5.91 Å². The number of halogens is 1. The maximum Gasteiger partial charge on any atom is 0.272 e. The van der Waals surface area contributed by atoms with Crippen LogP contribution in [0.25, 0.3) is 22.0 Å². The smallest absolute Gasteiger partial charge is 0.272 e. The van der Waals surface area contributed by atoms with Crippen molar-refractivity contribution in [2.45, 2.75) is 58.7 Å². The number of likely N-dealkylation sites (tertiary alicyclic amines) is 1. The molecule has 0 radical (unpaired) electrons. The molecule has 2 aliphatic rings. The number of fused-ring (bicyclic) bond motifs is 2. The molecule has 3 aromatic heterocycles. The van der Waals surface area contributed by atoms with Gasteiger partial charge in [-0.05, 0) is 77.4 Å². The number of hydrogen-bond acceptors (Lipinski definition) is 8. The Labute approximate surface area is 257 Å². The van der Waals surface area contributed by atoms with Crippen LogP contribution in [0.1, 0.15) is 47.3 Å². The summed E-state index contributed by atoms with van der Waals surface area (Å²) < 4.78 is 2.23. The molecule has 11 nitrogen and oxygen atoms in total. The number of aromatic nitrogens is 5. The van der Waals surface area contributed by atoms with Crippen molar-refractivity contribution in [1.29, 1.82) is 0 Å². The van der Waals surface area contributed by atoms with Crippen LogP contribution in [0.15, 0.2) is 47.3 Å². The second-order valence-electron chi connectivity index (χ2n) is 11.7. The Hall–Kier alpha value is -4.03.